The molecule has 1 aliphatic rings. The van der Waals surface area contributed by atoms with Crippen LogP contribution < -0.4 is 4.74 Å². The summed E-state index contributed by atoms with van der Waals surface area (Å²) < 4.78 is 26.2. The highest BCUT2D eigenvalue weighted by molar-refractivity contribution is 7.07. The van der Waals surface area contributed by atoms with E-state index in [0.29, 0.717) is 29.7 Å². The van der Waals surface area contributed by atoms with Gasteiger partial charge in [0.2, 0.25) is 5.88 Å². The van der Waals surface area contributed by atoms with Crippen LogP contribution in [0.1, 0.15) is 5.56 Å². The first kappa shape index (κ1) is 19.0. The predicted molar refractivity (Wildman–Crippen MR) is 105 cm³/mol. The normalized spacial score (nSPS) is 19.8. The highest BCUT2D eigenvalue weighted by Crippen LogP contribution is 2.38. The SMILES string of the molecule is CO[C@@H]1CN(C)C[C@H]1Oc1nc2c(F)cc(Cl)cc2c(-c2cscn2)c1C#N. The van der Waals surface area contributed by atoms with E-state index in [-0.39, 0.29) is 34.2 Å². The van der Waals surface area contributed by atoms with Gasteiger partial charge in [0, 0.05) is 41.6 Å². The maximum atomic E-state index is 14.7. The van der Waals surface area contributed by atoms with E-state index in [4.69, 9.17) is 21.1 Å². The fraction of sp³-hybridized carbons (Fsp3) is 0.316. The Morgan fingerprint density at radius 2 is 2.14 bits per heavy atom. The minimum absolute atomic E-state index is 0.0709. The van der Waals surface area contributed by atoms with Crippen molar-refractivity contribution in [3.63, 3.8) is 0 Å². The second-order valence-electron chi connectivity index (χ2n) is 6.59. The zero-order chi connectivity index (χ0) is 19.8. The van der Waals surface area contributed by atoms with Gasteiger partial charge in [0.05, 0.1) is 11.2 Å². The molecule has 0 spiro atoms. The number of nitrogens with zero attached hydrogens (tertiary/aromatic N) is 4. The Bertz CT molecular complexity index is 1070. The number of rotatable bonds is 4. The lowest BCUT2D eigenvalue weighted by Gasteiger charge is -2.20. The summed E-state index contributed by atoms with van der Waals surface area (Å²) in [6, 6.07) is 4.94. The second-order valence-corrected chi connectivity index (χ2v) is 7.74. The van der Waals surface area contributed by atoms with Crippen molar-refractivity contribution in [3.05, 3.63) is 39.4 Å². The molecule has 0 radical (unpaired) electrons. The van der Waals surface area contributed by atoms with Crippen LogP contribution in [-0.2, 0) is 4.74 Å². The quantitative estimate of drug-likeness (QED) is 0.643. The van der Waals surface area contributed by atoms with Crippen molar-refractivity contribution in [2.24, 2.45) is 0 Å². The minimum atomic E-state index is -0.583. The van der Waals surface area contributed by atoms with E-state index in [0.717, 1.165) is 0 Å². The molecule has 1 aliphatic heterocycles. The Labute approximate surface area is 170 Å². The van der Waals surface area contributed by atoms with E-state index >= 15 is 0 Å². The van der Waals surface area contributed by atoms with Crippen molar-refractivity contribution < 1.29 is 13.9 Å². The zero-order valence-corrected chi connectivity index (χ0v) is 16.7. The Morgan fingerprint density at radius 3 is 2.82 bits per heavy atom. The number of nitriles is 1. The van der Waals surface area contributed by atoms with Gasteiger partial charge in [-0.2, -0.15) is 5.26 Å². The second kappa shape index (κ2) is 7.60. The summed E-state index contributed by atoms with van der Waals surface area (Å²) in [5.41, 5.74) is 2.95. The number of likely N-dealkylation sites (N-methyl/N-ethyl adjacent to an activating group) is 1. The molecule has 144 valence electrons. The highest BCUT2D eigenvalue weighted by Gasteiger charge is 2.34. The van der Waals surface area contributed by atoms with Gasteiger partial charge in [0.1, 0.15) is 29.4 Å². The predicted octanol–water partition coefficient (Wildman–Crippen LogP) is 3.73. The number of hydrogen-bond donors (Lipinski definition) is 0. The van der Waals surface area contributed by atoms with Crippen molar-refractivity contribution in [2.45, 2.75) is 12.2 Å². The topological polar surface area (TPSA) is 71.3 Å². The van der Waals surface area contributed by atoms with E-state index in [1.54, 1.807) is 24.1 Å². The largest absolute Gasteiger partial charge is 0.469 e. The number of thiazole rings is 1. The summed E-state index contributed by atoms with van der Waals surface area (Å²) in [7, 11) is 3.57. The average Bonchev–Trinajstić information content (AvgIpc) is 3.30. The van der Waals surface area contributed by atoms with Crippen molar-refractivity contribution in [3.8, 4) is 23.2 Å². The summed E-state index contributed by atoms with van der Waals surface area (Å²) in [5, 5.41) is 12.3. The van der Waals surface area contributed by atoms with Gasteiger partial charge in [0.15, 0.2) is 5.82 Å². The van der Waals surface area contributed by atoms with Crippen LogP contribution in [0.3, 0.4) is 0 Å². The molecule has 0 bridgehead atoms. The van der Waals surface area contributed by atoms with E-state index in [9.17, 15) is 9.65 Å². The summed E-state index contributed by atoms with van der Waals surface area (Å²) in [5.74, 6) is -0.512. The third-order valence-corrected chi connectivity index (χ3v) is 5.54. The molecule has 4 rings (SSSR count). The maximum Gasteiger partial charge on any atom is 0.233 e. The number of methoxy groups -OCH3 is 1. The van der Waals surface area contributed by atoms with Gasteiger partial charge in [-0.3, -0.25) is 4.90 Å². The highest BCUT2D eigenvalue weighted by atomic mass is 35.5. The fourth-order valence-corrected chi connectivity index (χ4v) is 4.21. The molecule has 2 aromatic heterocycles. The molecular weight excluding hydrogens is 403 g/mol. The van der Waals surface area contributed by atoms with Crippen LogP contribution in [0.2, 0.25) is 5.02 Å². The molecular formula is C19H16ClFN4O2S. The van der Waals surface area contributed by atoms with E-state index in [2.05, 4.69) is 20.9 Å². The number of likely N-dealkylation sites (tertiary alicyclic amines) is 1. The lowest BCUT2D eigenvalue weighted by Crippen LogP contribution is -2.32. The van der Waals surface area contributed by atoms with E-state index < -0.39 is 5.82 Å². The van der Waals surface area contributed by atoms with Gasteiger partial charge in [0.25, 0.3) is 0 Å². The van der Waals surface area contributed by atoms with Crippen LogP contribution in [0.4, 0.5) is 4.39 Å². The summed E-state index contributed by atoms with van der Waals surface area (Å²) >= 11 is 7.44. The van der Waals surface area contributed by atoms with Gasteiger partial charge in [-0.1, -0.05) is 11.6 Å². The molecule has 0 aliphatic carbocycles. The summed E-state index contributed by atoms with van der Waals surface area (Å²) in [4.78, 5) is 10.7. The van der Waals surface area contributed by atoms with Crippen LogP contribution in [0.5, 0.6) is 5.88 Å². The Hall–Kier alpha value is -2.31. The average molecular weight is 419 g/mol. The molecule has 1 aromatic carbocycles. The number of pyridine rings is 1. The number of aromatic nitrogens is 2. The van der Waals surface area contributed by atoms with Crippen molar-refractivity contribution in [2.75, 3.05) is 27.2 Å². The van der Waals surface area contributed by atoms with Crippen LogP contribution >= 0.6 is 22.9 Å². The van der Waals surface area contributed by atoms with Gasteiger partial charge >= 0.3 is 0 Å². The lowest BCUT2D eigenvalue weighted by molar-refractivity contribution is 0.0321. The first-order valence-electron chi connectivity index (χ1n) is 8.51. The number of fused-ring (bicyclic) bond motifs is 1. The standard InChI is InChI=1S/C19H16ClFN4O2S/c1-25-6-15(26-2)16(7-25)27-19-12(5-22)17(14-8-28-9-23-14)11-3-10(20)4-13(21)18(11)24-19/h3-4,8-9,15-16H,6-7H2,1-2H3/t15-,16-/m1/s1. The molecule has 9 heteroatoms. The van der Waals surface area contributed by atoms with Crippen LogP contribution in [-0.4, -0.2) is 54.3 Å². The monoisotopic (exact) mass is 418 g/mol. The fourth-order valence-electron chi connectivity index (χ4n) is 3.47. The Morgan fingerprint density at radius 1 is 1.36 bits per heavy atom. The van der Waals surface area contributed by atoms with E-state index in [1.165, 1.54) is 17.4 Å². The first-order chi connectivity index (χ1) is 13.5. The molecule has 0 N–H and O–H groups in total. The van der Waals surface area contributed by atoms with Crippen LogP contribution in [0.25, 0.3) is 22.2 Å². The van der Waals surface area contributed by atoms with Crippen LogP contribution in [0, 0.1) is 17.1 Å². The van der Waals surface area contributed by atoms with Crippen LogP contribution in [0.15, 0.2) is 23.0 Å². The van der Waals surface area contributed by atoms with Crippen molar-refractivity contribution >= 4 is 33.8 Å². The maximum absolute atomic E-state index is 14.7. The molecule has 3 heterocycles. The summed E-state index contributed by atoms with van der Waals surface area (Å²) in [6.07, 6.45) is -0.502. The van der Waals surface area contributed by atoms with Crippen molar-refractivity contribution in [1.29, 1.82) is 5.26 Å². The molecule has 1 fully saturated rings. The van der Waals surface area contributed by atoms with E-state index in [1.807, 2.05) is 7.05 Å². The Kier molecular flexibility index (Phi) is 5.17. The Balaban J connectivity index is 1.93. The van der Waals surface area contributed by atoms with Crippen molar-refractivity contribution in [1.82, 2.24) is 14.9 Å². The summed E-state index contributed by atoms with van der Waals surface area (Å²) in [6.45, 7) is 1.30. The molecule has 1 saturated heterocycles. The molecule has 6 nitrogen and oxygen atoms in total. The smallest absolute Gasteiger partial charge is 0.233 e. The minimum Gasteiger partial charge on any atom is -0.469 e. The number of hydrogen-bond acceptors (Lipinski definition) is 7. The molecule has 3 aromatic rings. The molecule has 0 amide bonds. The number of benzene rings is 1. The number of halogens is 2. The molecule has 2 atom stereocenters. The van der Waals surface area contributed by atoms with Gasteiger partial charge < -0.3 is 9.47 Å². The lowest BCUT2D eigenvalue weighted by atomic mass is 10.0. The molecule has 0 unspecified atom stereocenters. The van der Waals surface area contributed by atoms with Gasteiger partial charge in [-0.15, -0.1) is 11.3 Å². The third-order valence-electron chi connectivity index (χ3n) is 4.74. The third kappa shape index (κ3) is 3.31. The molecule has 0 saturated carbocycles. The number of ether oxygens (including phenoxy) is 2. The zero-order valence-electron chi connectivity index (χ0n) is 15.1. The first-order valence-corrected chi connectivity index (χ1v) is 9.83. The molecule has 28 heavy (non-hydrogen) atoms. The van der Waals surface area contributed by atoms with Gasteiger partial charge in [-0.05, 0) is 19.2 Å². The van der Waals surface area contributed by atoms with Gasteiger partial charge in [-0.25, -0.2) is 14.4 Å².